The van der Waals surface area contributed by atoms with Gasteiger partial charge in [-0.15, -0.1) is 0 Å². The SMILES string of the molecule is CCOc1cnc(-c2cc3c(cc2C)OCO3)o1. The van der Waals surface area contributed by atoms with E-state index in [0.717, 1.165) is 16.9 Å². The topological polar surface area (TPSA) is 53.7 Å². The lowest BCUT2D eigenvalue weighted by molar-refractivity contribution is 0.174. The molecule has 1 aromatic carbocycles. The van der Waals surface area contributed by atoms with Crippen molar-refractivity contribution in [1.29, 1.82) is 0 Å². The lowest BCUT2D eigenvalue weighted by Crippen LogP contribution is -1.92. The Hall–Kier alpha value is -2.17. The van der Waals surface area contributed by atoms with Crippen LogP contribution in [0.5, 0.6) is 17.4 Å². The first kappa shape index (κ1) is 11.0. The smallest absolute Gasteiger partial charge is 0.305 e. The van der Waals surface area contributed by atoms with Gasteiger partial charge in [0.1, 0.15) is 6.20 Å². The van der Waals surface area contributed by atoms with Crippen LogP contribution in [0.15, 0.2) is 22.7 Å². The van der Waals surface area contributed by atoms with E-state index in [1.165, 1.54) is 0 Å². The first-order valence-electron chi connectivity index (χ1n) is 5.77. The van der Waals surface area contributed by atoms with Gasteiger partial charge in [0.05, 0.1) is 6.61 Å². The van der Waals surface area contributed by atoms with Gasteiger partial charge in [0.25, 0.3) is 0 Å². The highest BCUT2D eigenvalue weighted by atomic mass is 16.7. The molecule has 3 rings (SSSR count). The molecule has 1 aliphatic rings. The van der Waals surface area contributed by atoms with Crippen LogP contribution < -0.4 is 14.2 Å². The summed E-state index contributed by atoms with van der Waals surface area (Å²) in [5.74, 6) is 2.42. The third-order valence-corrected chi connectivity index (χ3v) is 2.72. The Labute approximate surface area is 104 Å². The quantitative estimate of drug-likeness (QED) is 0.834. The van der Waals surface area contributed by atoms with E-state index in [0.29, 0.717) is 24.2 Å². The third-order valence-electron chi connectivity index (χ3n) is 2.72. The van der Waals surface area contributed by atoms with Crippen molar-refractivity contribution in [3.8, 4) is 28.9 Å². The molecule has 5 heteroatoms. The van der Waals surface area contributed by atoms with E-state index in [4.69, 9.17) is 18.6 Å². The molecule has 2 heterocycles. The zero-order valence-electron chi connectivity index (χ0n) is 10.2. The van der Waals surface area contributed by atoms with Crippen molar-refractivity contribution in [2.45, 2.75) is 13.8 Å². The number of hydrogen-bond acceptors (Lipinski definition) is 5. The van der Waals surface area contributed by atoms with Gasteiger partial charge in [0.2, 0.25) is 12.7 Å². The van der Waals surface area contributed by atoms with Gasteiger partial charge in [-0.2, -0.15) is 0 Å². The van der Waals surface area contributed by atoms with Crippen LogP contribution in [0.4, 0.5) is 0 Å². The molecule has 0 aliphatic carbocycles. The minimum Gasteiger partial charge on any atom is -0.464 e. The molecule has 18 heavy (non-hydrogen) atoms. The monoisotopic (exact) mass is 247 g/mol. The molecule has 0 radical (unpaired) electrons. The number of aromatic nitrogens is 1. The second kappa shape index (κ2) is 4.25. The maximum Gasteiger partial charge on any atom is 0.305 e. The molecule has 0 saturated heterocycles. The minimum atomic E-state index is 0.258. The molecule has 0 amide bonds. The van der Waals surface area contributed by atoms with Crippen molar-refractivity contribution in [2.75, 3.05) is 13.4 Å². The van der Waals surface area contributed by atoms with Crippen LogP contribution in [-0.2, 0) is 0 Å². The molecule has 0 fully saturated rings. The summed E-state index contributed by atoms with van der Waals surface area (Å²) in [4.78, 5) is 4.20. The molecule has 1 aliphatic heterocycles. The summed E-state index contributed by atoms with van der Waals surface area (Å²) in [6.45, 7) is 4.68. The third kappa shape index (κ3) is 1.77. The summed E-state index contributed by atoms with van der Waals surface area (Å²) < 4.78 is 21.4. The first-order valence-corrected chi connectivity index (χ1v) is 5.77. The number of ether oxygens (including phenoxy) is 3. The van der Waals surface area contributed by atoms with Crippen LogP contribution in [0.25, 0.3) is 11.5 Å². The number of benzene rings is 1. The normalized spacial score (nSPS) is 12.8. The van der Waals surface area contributed by atoms with E-state index >= 15 is 0 Å². The van der Waals surface area contributed by atoms with Gasteiger partial charge in [-0.3, -0.25) is 0 Å². The van der Waals surface area contributed by atoms with Crippen LogP contribution in [0.2, 0.25) is 0 Å². The summed E-state index contributed by atoms with van der Waals surface area (Å²) in [5.41, 5.74) is 1.90. The van der Waals surface area contributed by atoms with E-state index in [2.05, 4.69) is 4.98 Å². The molecule has 0 N–H and O–H groups in total. The summed E-state index contributed by atoms with van der Waals surface area (Å²) in [7, 11) is 0. The molecule has 5 nitrogen and oxygen atoms in total. The highest BCUT2D eigenvalue weighted by molar-refractivity contribution is 5.65. The van der Waals surface area contributed by atoms with E-state index in [1.807, 2.05) is 26.0 Å². The van der Waals surface area contributed by atoms with Crippen LogP contribution in [0.1, 0.15) is 12.5 Å². The Morgan fingerprint density at radius 3 is 2.83 bits per heavy atom. The summed E-state index contributed by atoms with van der Waals surface area (Å²) >= 11 is 0. The van der Waals surface area contributed by atoms with Gasteiger partial charge in [0, 0.05) is 5.56 Å². The number of hydrogen-bond donors (Lipinski definition) is 0. The maximum atomic E-state index is 5.52. The molecule has 2 aromatic rings. The second-order valence-corrected chi connectivity index (χ2v) is 3.94. The van der Waals surface area contributed by atoms with Crippen molar-refractivity contribution in [3.05, 3.63) is 23.9 Å². The van der Waals surface area contributed by atoms with Crippen LogP contribution in [0.3, 0.4) is 0 Å². The standard InChI is InChI=1S/C13H13NO4/c1-3-15-12-6-14-13(18-12)9-5-11-10(4-8(9)2)16-7-17-11/h4-6H,3,7H2,1-2H3. The van der Waals surface area contributed by atoms with E-state index in [-0.39, 0.29) is 6.79 Å². The van der Waals surface area contributed by atoms with Crippen molar-refractivity contribution in [3.63, 3.8) is 0 Å². The predicted molar refractivity (Wildman–Crippen MR) is 64.0 cm³/mol. The minimum absolute atomic E-state index is 0.258. The largest absolute Gasteiger partial charge is 0.464 e. The zero-order valence-corrected chi connectivity index (χ0v) is 10.2. The fourth-order valence-electron chi connectivity index (χ4n) is 1.87. The number of oxazole rings is 1. The van der Waals surface area contributed by atoms with E-state index < -0.39 is 0 Å². The van der Waals surface area contributed by atoms with E-state index in [1.54, 1.807) is 6.20 Å². The lowest BCUT2D eigenvalue weighted by atomic mass is 10.1. The number of rotatable bonds is 3. The van der Waals surface area contributed by atoms with Crippen LogP contribution >= 0.6 is 0 Å². The van der Waals surface area contributed by atoms with Crippen LogP contribution in [-0.4, -0.2) is 18.4 Å². The van der Waals surface area contributed by atoms with Gasteiger partial charge in [-0.25, -0.2) is 4.98 Å². The number of fused-ring (bicyclic) bond motifs is 1. The zero-order chi connectivity index (χ0) is 12.5. The summed E-state index contributed by atoms with van der Waals surface area (Å²) in [6, 6.07) is 3.79. The summed E-state index contributed by atoms with van der Waals surface area (Å²) in [6.07, 6.45) is 1.57. The van der Waals surface area contributed by atoms with Gasteiger partial charge >= 0.3 is 5.95 Å². The van der Waals surface area contributed by atoms with E-state index in [9.17, 15) is 0 Å². The lowest BCUT2D eigenvalue weighted by Gasteiger charge is -2.03. The van der Waals surface area contributed by atoms with Gasteiger partial charge in [-0.05, 0) is 31.5 Å². The maximum absolute atomic E-state index is 5.52. The molecule has 0 bridgehead atoms. The van der Waals surface area contributed by atoms with Gasteiger partial charge < -0.3 is 18.6 Å². The molecule has 94 valence electrons. The summed E-state index contributed by atoms with van der Waals surface area (Å²) in [5, 5.41) is 0. The second-order valence-electron chi connectivity index (χ2n) is 3.94. The molecular weight excluding hydrogens is 234 g/mol. The average molecular weight is 247 g/mol. The van der Waals surface area contributed by atoms with Crippen molar-refractivity contribution >= 4 is 0 Å². The Bertz CT molecular complexity index is 576. The predicted octanol–water partition coefficient (Wildman–Crippen LogP) is 2.78. The first-order chi connectivity index (χ1) is 8.78. The molecule has 1 aromatic heterocycles. The molecule has 0 spiro atoms. The van der Waals surface area contributed by atoms with Crippen molar-refractivity contribution < 1.29 is 18.6 Å². The Balaban J connectivity index is 2.00. The fraction of sp³-hybridized carbons (Fsp3) is 0.308. The van der Waals surface area contributed by atoms with Crippen molar-refractivity contribution in [2.24, 2.45) is 0 Å². The molecule has 0 unspecified atom stereocenters. The highest BCUT2D eigenvalue weighted by Crippen LogP contribution is 2.38. The average Bonchev–Trinajstić information content (AvgIpc) is 2.96. The molecule has 0 atom stereocenters. The number of nitrogens with zero attached hydrogens (tertiary/aromatic N) is 1. The van der Waals surface area contributed by atoms with Crippen molar-refractivity contribution in [1.82, 2.24) is 4.98 Å². The van der Waals surface area contributed by atoms with Crippen LogP contribution in [0, 0.1) is 6.92 Å². The number of aryl methyl sites for hydroxylation is 1. The fourth-order valence-corrected chi connectivity index (χ4v) is 1.87. The molecule has 0 saturated carbocycles. The Morgan fingerprint density at radius 1 is 1.28 bits per heavy atom. The Morgan fingerprint density at radius 2 is 2.06 bits per heavy atom. The van der Waals surface area contributed by atoms with Gasteiger partial charge in [-0.1, -0.05) is 0 Å². The Kier molecular flexibility index (Phi) is 2.59. The highest BCUT2D eigenvalue weighted by Gasteiger charge is 2.18. The van der Waals surface area contributed by atoms with Gasteiger partial charge in [0.15, 0.2) is 11.5 Å². The molecular formula is C13H13NO4.